The van der Waals surface area contributed by atoms with Crippen LogP contribution in [-0.2, 0) is 4.79 Å². The van der Waals surface area contributed by atoms with E-state index in [0.717, 1.165) is 11.1 Å². The Morgan fingerprint density at radius 1 is 1.00 bits per heavy atom. The summed E-state index contributed by atoms with van der Waals surface area (Å²) >= 11 is 0. The lowest BCUT2D eigenvalue weighted by Gasteiger charge is -2.11. The van der Waals surface area contributed by atoms with Gasteiger partial charge in [-0.25, -0.2) is 4.79 Å². The molecule has 0 aromatic heterocycles. The lowest BCUT2D eigenvalue weighted by molar-refractivity contribution is -0.128. The molecule has 25 heavy (non-hydrogen) atoms. The van der Waals surface area contributed by atoms with Crippen molar-refractivity contribution in [1.29, 1.82) is 0 Å². The molecule has 2 aromatic carbocycles. The molecule has 0 aliphatic carbocycles. The van der Waals surface area contributed by atoms with Crippen LogP contribution in [-0.4, -0.2) is 20.2 Å². The number of ether oxygens (including phenoxy) is 3. The number of aryl methyl sites for hydroxylation is 1. The molecule has 0 unspecified atom stereocenters. The van der Waals surface area contributed by atoms with Crippen LogP contribution in [0.4, 0.5) is 0 Å². The Kier molecular flexibility index (Phi) is 6.23. The monoisotopic (exact) mass is 340 g/mol. The SMILES string of the molecule is COc1ccc(OC)c(C=CC(=O)Oc2ccc(C(C)C)c(C)c2)c1. The second-order valence-corrected chi connectivity index (χ2v) is 6.04. The van der Waals surface area contributed by atoms with Crippen LogP contribution >= 0.6 is 0 Å². The Morgan fingerprint density at radius 2 is 1.72 bits per heavy atom. The summed E-state index contributed by atoms with van der Waals surface area (Å²) in [5.74, 6) is 1.87. The van der Waals surface area contributed by atoms with E-state index in [1.54, 1.807) is 38.5 Å². The number of esters is 1. The van der Waals surface area contributed by atoms with E-state index in [0.29, 0.717) is 23.2 Å². The molecule has 0 atom stereocenters. The van der Waals surface area contributed by atoms with Gasteiger partial charge in [-0.15, -0.1) is 0 Å². The average Bonchev–Trinajstić information content (AvgIpc) is 2.59. The van der Waals surface area contributed by atoms with E-state index in [2.05, 4.69) is 13.8 Å². The minimum atomic E-state index is -0.443. The molecule has 0 spiro atoms. The number of methoxy groups -OCH3 is 2. The highest BCUT2D eigenvalue weighted by Crippen LogP contribution is 2.26. The second-order valence-electron chi connectivity index (χ2n) is 6.04. The summed E-state index contributed by atoms with van der Waals surface area (Å²) in [5.41, 5.74) is 3.10. The van der Waals surface area contributed by atoms with E-state index in [-0.39, 0.29) is 0 Å². The summed E-state index contributed by atoms with van der Waals surface area (Å²) in [5, 5.41) is 0. The fraction of sp³-hybridized carbons (Fsp3) is 0.286. The van der Waals surface area contributed by atoms with Crippen LogP contribution in [0.1, 0.15) is 36.5 Å². The van der Waals surface area contributed by atoms with Gasteiger partial charge in [0.05, 0.1) is 14.2 Å². The van der Waals surface area contributed by atoms with Gasteiger partial charge in [0.2, 0.25) is 0 Å². The molecule has 0 heterocycles. The van der Waals surface area contributed by atoms with E-state index >= 15 is 0 Å². The molecule has 0 radical (unpaired) electrons. The first kappa shape index (κ1) is 18.6. The predicted molar refractivity (Wildman–Crippen MR) is 99.5 cm³/mol. The lowest BCUT2D eigenvalue weighted by Crippen LogP contribution is -2.04. The van der Waals surface area contributed by atoms with Gasteiger partial charge in [-0.05, 0) is 60.4 Å². The van der Waals surface area contributed by atoms with Crippen LogP contribution in [0.25, 0.3) is 6.08 Å². The molecule has 0 bridgehead atoms. The van der Waals surface area contributed by atoms with E-state index in [4.69, 9.17) is 14.2 Å². The van der Waals surface area contributed by atoms with Gasteiger partial charge in [0.1, 0.15) is 17.2 Å². The Hall–Kier alpha value is -2.75. The van der Waals surface area contributed by atoms with E-state index in [1.165, 1.54) is 11.6 Å². The number of carbonyl (C=O) groups is 1. The zero-order valence-electron chi connectivity index (χ0n) is 15.3. The van der Waals surface area contributed by atoms with Gasteiger partial charge in [-0.1, -0.05) is 19.9 Å². The van der Waals surface area contributed by atoms with E-state index < -0.39 is 5.97 Å². The molecule has 4 nitrogen and oxygen atoms in total. The van der Waals surface area contributed by atoms with E-state index in [1.807, 2.05) is 25.1 Å². The van der Waals surface area contributed by atoms with Gasteiger partial charge in [-0.3, -0.25) is 0 Å². The second kappa shape index (κ2) is 8.38. The largest absolute Gasteiger partial charge is 0.497 e. The molecule has 0 aliphatic rings. The third-order valence-electron chi connectivity index (χ3n) is 3.92. The van der Waals surface area contributed by atoms with Crippen molar-refractivity contribution in [2.45, 2.75) is 26.7 Å². The van der Waals surface area contributed by atoms with Crippen molar-refractivity contribution < 1.29 is 19.0 Å². The topological polar surface area (TPSA) is 44.8 Å². The highest BCUT2D eigenvalue weighted by Gasteiger charge is 2.08. The molecule has 0 aliphatic heterocycles. The molecule has 2 rings (SSSR count). The van der Waals surface area contributed by atoms with Crippen molar-refractivity contribution >= 4 is 12.0 Å². The molecular weight excluding hydrogens is 316 g/mol. The standard InChI is InChI=1S/C21H24O4/c1-14(2)19-9-7-18(12-15(19)3)25-21(22)11-6-16-13-17(23-4)8-10-20(16)24-5/h6-14H,1-5H3. The van der Waals surface area contributed by atoms with Gasteiger partial charge < -0.3 is 14.2 Å². The molecule has 0 saturated heterocycles. The molecule has 0 N–H and O–H groups in total. The normalized spacial score (nSPS) is 11.0. The van der Waals surface area contributed by atoms with Crippen LogP contribution in [0, 0.1) is 6.92 Å². The van der Waals surface area contributed by atoms with Gasteiger partial charge in [0.25, 0.3) is 0 Å². The first-order valence-electron chi connectivity index (χ1n) is 8.17. The zero-order valence-corrected chi connectivity index (χ0v) is 15.3. The first-order valence-corrected chi connectivity index (χ1v) is 8.17. The number of carbonyl (C=O) groups excluding carboxylic acids is 1. The highest BCUT2D eigenvalue weighted by molar-refractivity contribution is 5.89. The summed E-state index contributed by atoms with van der Waals surface area (Å²) < 4.78 is 15.9. The van der Waals surface area contributed by atoms with Crippen LogP contribution in [0.2, 0.25) is 0 Å². The minimum absolute atomic E-state index is 0.435. The minimum Gasteiger partial charge on any atom is -0.497 e. The molecular formula is C21H24O4. The summed E-state index contributed by atoms with van der Waals surface area (Å²) in [6.07, 6.45) is 3.03. The third-order valence-corrected chi connectivity index (χ3v) is 3.92. The molecule has 2 aromatic rings. The average molecular weight is 340 g/mol. The number of hydrogen-bond donors (Lipinski definition) is 0. The van der Waals surface area contributed by atoms with Gasteiger partial charge in [-0.2, -0.15) is 0 Å². The fourth-order valence-corrected chi connectivity index (χ4v) is 2.64. The van der Waals surface area contributed by atoms with Crippen molar-refractivity contribution in [1.82, 2.24) is 0 Å². The lowest BCUT2D eigenvalue weighted by atomic mass is 9.98. The Balaban J connectivity index is 2.12. The Labute approximate surface area is 149 Å². The molecule has 0 fully saturated rings. The molecule has 132 valence electrons. The quantitative estimate of drug-likeness (QED) is 0.432. The smallest absolute Gasteiger partial charge is 0.336 e. The van der Waals surface area contributed by atoms with Gasteiger partial charge in [0, 0.05) is 11.6 Å². The van der Waals surface area contributed by atoms with Gasteiger partial charge >= 0.3 is 5.97 Å². The zero-order chi connectivity index (χ0) is 18.4. The van der Waals surface area contributed by atoms with Crippen LogP contribution in [0.15, 0.2) is 42.5 Å². The summed E-state index contributed by atoms with van der Waals surface area (Å²) in [4.78, 5) is 12.1. The maximum absolute atomic E-state index is 12.1. The number of hydrogen-bond acceptors (Lipinski definition) is 4. The van der Waals surface area contributed by atoms with Crippen molar-refractivity contribution in [2.24, 2.45) is 0 Å². The highest BCUT2D eigenvalue weighted by atomic mass is 16.5. The van der Waals surface area contributed by atoms with Crippen LogP contribution in [0.5, 0.6) is 17.2 Å². The maximum atomic E-state index is 12.1. The maximum Gasteiger partial charge on any atom is 0.336 e. The van der Waals surface area contributed by atoms with Crippen molar-refractivity contribution in [3.05, 3.63) is 59.2 Å². The third kappa shape index (κ3) is 4.86. The molecule has 0 amide bonds. The number of benzene rings is 2. The van der Waals surface area contributed by atoms with Crippen molar-refractivity contribution in [2.75, 3.05) is 14.2 Å². The van der Waals surface area contributed by atoms with E-state index in [9.17, 15) is 4.79 Å². The first-order chi connectivity index (χ1) is 11.9. The molecule has 4 heteroatoms. The predicted octanol–water partition coefficient (Wildman–Crippen LogP) is 4.75. The Bertz CT molecular complexity index is 775. The van der Waals surface area contributed by atoms with Crippen LogP contribution in [0.3, 0.4) is 0 Å². The van der Waals surface area contributed by atoms with Crippen molar-refractivity contribution in [3.63, 3.8) is 0 Å². The summed E-state index contributed by atoms with van der Waals surface area (Å²) in [6.45, 7) is 6.29. The van der Waals surface area contributed by atoms with Crippen LogP contribution < -0.4 is 14.2 Å². The van der Waals surface area contributed by atoms with Gasteiger partial charge in [0.15, 0.2) is 0 Å². The fourth-order valence-electron chi connectivity index (χ4n) is 2.64. The van der Waals surface area contributed by atoms with Crippen molar-refractivity contribution in [3.8, 4) is 17.2 Å². The summed E-state index contributed by atoms with van der Waals surface area (Å²) in [7, 11) is 3.17. The number of rotatable bonds is 6. The Morgan fingerprint density at radius 3 is 2.32 bits per heavy atom. The molecule has 0 saturated carbocycles. The summed E-state index contributed by atoms with van der Waals surface area (Å²) in [6, 6.07) is 11.1.